The van der Waals surface area contributed by atoms with E-state index in [9.17, 15) is 14.7 Å². The predicted molar refractivity (Wildman–Crippen MR) is 95.5 cm³/mol. The maximum atomic E-state index is 12.5. The van der Waals surface area contributed by atoms with Gasteiger partial charge in [0.25, 0.3) is 0 Å². The van der Waals surface area contributed by atoms with Crippen molar-refractivity contribution in [3.8, 4) is 0 Å². The monoisotopic (exact) mass is 378 g/mol. The number of fused-ring (bicyclic) bond motifs is 3. The van der Waals surface area contributed by atoms with Gasteiger partial charge in [-0.1, -0.05) is 18.2 Å². The minimum Gasteiger partial charge on any atom is -0.458 e. The van der Waals surface area contributed by atoms with E-state index in [1.807, 2.05) is 13.8 Å². The van der Waals surface area contributed by atoms with Gasteiger partial charge in [0.2, 0.25) is 0 Å². The van der Waals surface area contributed by atoms with Crippen molar-refractivity contribution in [2.75, 3.05) is 13.2 Å². The molecular weight excluding hydrogens is 352 g/mol. The smallest absolute Gasteiger partial charge is 0.336 e. The zero-order chi connectivity index (χ0) is 19.8. The Morgan fingerprint density at radius 1 is 1.48 bits per heavy atom. The van der Waals surface area contributed by atoms with E-state index in [-0.39, 0.29) is 29.5 Å². The molecule has 0 radical (unpaired) electrons. The number of allylic oxidation sites excluding steroid dienone is 1. The van der Waals surface area contributed by atoms with Crippen LogP contribution in [0.15, 0.2) is 35.5 Å². The number of aliphatic hydroxyl groups is 2. The summed E-state index contributed by atoms with van der Waals surface area (Å²) in [5.41, 5.74) is 0.888. The van der Waals surface area contributed by atoms with Crippen LogP contribution in [0.25, 0.3) is 0 Å². The molecule has 27 heavy (non-hydrogen) atoms. The van der Waals surface area contributed by atoms with Crippen LogP contribution in [-0.4, -0.2) is 59.3 Å². The number of hydrogen-bond acceptors (Lipinski definition) is 7. The van der Waals surface area contributed by atoms with Gasteiger partial charge in [0, 0.05) is 12.0 Å². The highest BCUT2D eigenvalue weighted by Crippen LogP contribution is 2.50. The summed E-state index contributed by atoms with van der Waals surface area (Å²) in [6, 6.07) is 0. The third kappa shape index (κ3) is 3.85. The maximum absolute atomic E-state index is 12.5. The molecule has 0 amide bonds. The van der Waals surface area contributed by atoms with Crippen molar-refractivity contribution in [3.63, 3.8) is 0 Å². The number of ether oxygens (including phenoxy) is 3. The van der Waals surface area contributed by atoms with Gasteiger partial charge < -0.3 is 24.4 Å². The molecule has 3 rings (SSSR count). The summed E-state index contributed by atoms with van der Waals surface area (Å²) in [5.74, 6) is -1.76. The zero-order valence-corrected chi connectivity index (χ0v) is 15.6. The minimum absolute atomic E-state index is 0.0314. The Labute approximate surface area is 158 Å². The molecule has 0 aromatic rings. The predicted octanol–water partition coefficient (Wildman–Crippen LogP) is 1.19. The average Bonchev–Trinajstić information content (AvgIpc) is 3.19. The van der Waals surface area contributed by atoms with E-state index in [1.165, 1.54) is 6.08 Å². The summed E-state index contributed by atoms with van der Waals surface area (Å²) in [7, 11) is 0. The number of hydrogen-bond donors (Lipinski definition) is 2. The van der Waals surface area contributed by atoms with Crippen molar-refractivity contribution in [2.24, 2.45) is 5.92 Å². The lowest BCUT2D eigenvalue weighted by Crippen LogP contribution is -2.38. The molecule has 5 atom stereocenters. The van der Waals surface area contributed by atoms with Crippen molar-refractivity contribution in [2.45, 2.75) is 57.0 Å². The molecule has 0 bridgehead atoms. The number of esters is 2. The topological polar surface area (TPSA) is 106 Å². The number of epoxide rings is 1. The SMILES string of the molecule is C=C1C(=O)O[C@H]2[C@H]1[C@@H](OC(=O)C(=CCO)CO)CC(C)=CCC[C@@]1(C)O[C@@H]21. The minimum atomic E-state index is -0.730. The van der Waals surface area contributed by atoms with Crippen LogP contribution in [0, 0.1) is 5.92 Å². The molecule has 7 heteroatoms. The molecule has 7 nitrogen and oxygen atoms in total. The summed E-state index contributed by atoms with van der Waals surface area (Å²) in [6.07, 6.45) is 3.85. The van der Waals surface area contributed by atoms with Gasteiger partial charge in [0.15, 0.2) is 0 Å². The van der Waals surface area contributed by atoms with E-state index in [4.69, 9.17) is 19.3 Å². The van der Waals surface area contributed by atoms with Gasteiger partial charge in [-0.05, 0) is 32.8 Å². The molecule has 0 saturated carbocycles. The lowest BCUT2D eigenvalue weighted by atomic mass is 9.82. The van der Waals surface area contributed by atoms with E-state index in [2.05, 4.69) is 12.7 Å². The summed E-state index contributed by atoms with van der Waals surface area (Å²) in [4.78, 5) is 24.6. The second-order valence-corrected chi connectivity index (χ2v) is 7.58. The van der Waals surface area contributed by atoms with Crippen molar-refractivity contribution < 1.29 is 34.0 Å². The Morgan fingerprint density at radius 2 is 2.22 bits per heavy atom. The number of carbonyl (C=O) groups excluding carboxylic acids is 2. The Morgan fingerprint density at radius 3 is 2.89 bits per heavy atom. The molecule has 2 N–H and O–H groups in total. The second kappa shape index (κ2) is 7.58. The first-order valence-corrected chi connectivity index (χ1v) is 9.15. The van der Waals surface area contributed by atoms with Gasteiger partial charge in [-0.2, -0.15) is 0 Å². The standard InChI is InChI=1S/C20H26O7/c1-11-5-4-7-20(3)17(27-20)16-15(12(2)18(23)26-16)14(9-11)25-19(24)13(10-22)6-8-21/h5-6,14-17,21-22H,2,4,7-10H2,1,3H3/t14-,15+,16-,17-,20+/m0/s1. The van der Waals surface area contributed by atoms with Crippen LogP contribution in [0.2, 0.25) is 0 Å². The Balaban J connectivity index is 1.92. The maximum Gasteiger partial charge on any atom is 0.336 e. The Bertz CT molecular complexity index is 707. The molecular formula is C20H26O7. The number of carbonyl (C=O) groups is 2. The van der Waals surface area contributed by atoms with Gasteiger partial charge in [-0.25, -0.2) is 9.59 Å². The molecule has 1 aliphatic carbocycles. The normalized spacial score (nSPS) is 36.3. The van der Waals surface area contributed by atoms with Gasteiger partial charge in [0.1, 0.15) is 18.3 Å². The Hall–Kier alpha value is -1.96. The average molecular weight is 378 g/mol. The zero-order valence-electron chi connectivity index (χ0n) is 15.6. The van der Waals surface area contributed by atoms with E-state index >= 15 is 0 Å². The lowest BCUT2D eigenvalue weighted by Gasteiger charge is -2.28. The number of rotatable bonds is 4. The molecule has 3 aliphatic rings. The fourth-order valence-electron chi connectivity index (χ4n) is 3.95. The summed E-state index contributed by atoms with van der Waals surface area (Å²) in [6.45, 7) is 6.86. The largest absolute Gasteiger partial charge is 0.458 e. The fourth-order valence-corrected chi connectivity index (χ4v) is 3.95. The highest BCUT2D eigenvalue weighted by Gasteiger charge is 2.63. The Kier molecular flexibility index (Phi) is 5.55. The fraction of sp³-hybridized carbons (Fsp3) is 0.600. The van der Waals surface area contributed by atoms with E-state index in [0.717, 1.165) is 18.4 Å². The summed E-state index contributed by atoms with van der Waals surface area (Å²) >= 11 is 0. The molecule has 0 spiro atoms. The second-order valence-electron chi connectivity index (χ2n) is 7.58. The molecule has 0 aromatic carbocycles. The van der Waals surface area contributed by atoms with Crippen LogP contribution in [0.5, 0.6) is 0 Å². The van der Waals surface area contributed by atoms with Crippen LogP contribution < -0.4 is 0 Å². The molecule has 148 valence electrons. The molecule has 2 fully saturated rings. The van der Waals surface area contributed by atoms with Crippen molar-refractivity contribution in [1.82, 2.24) is 0 Å². The van der Waals surface area contributed by atoms with Crippen molar-refractivity contribution in [1.29, 1.82) is 0 Å². The molecule has 0 unspecified atom stereocenters. The van der Waals surface area contributed by atoms with Crippen LogP contribution in [-0.2, 0) is 23.8 Å². The molecule has 2 saturated heterocycles. The first-order valence-electron chi connectivity index (χ1n) is 9.15. The lowest BCUT2D eigenvalue weighted by molar-refractivity contribution is -0.149. The molecule has 0 aromatic heterocycles. The third-order valence-corrected chi connectivity index (χ3v) is 5.59. The van der Waals surface area contributed by atoms with Crippen molar-refractivity contribution >= 4 is 11.9 Å². The molecule has 2 aliphatic heterocycles. The van der Waals surface area contributed by atoms with Gasteiger partial charge in [-0.3, -0.25) is 0 Å². The number of aliphatic hydroxyl groups excluding tert-OH is 2. The summed E-state index contributed by atoms with van der Waals surface area (Å²) in [5, 5.41) is 18.4. The molecule has 2 heterocycles. The first kappa shape index (κ1) is 19.8. The van der Waals surface area contributed by atoms with Crippen LogP contribution in [0.4, 0.5) is 0 Å². The van der Waals surface area contributed by atoms with Crippen LogP contribution >= 0.6 is 0 Å². The van der Waals surface area contributed by atoms with E-state index in [1.54, 1.807) is 0 Å². The van der Waals surface area contributed by atoms with E-state index in [0.29, 0.717) is 6.42 Å². The highest BCUT2D eigenvalue weighted by atomic mass is 16.6. The van der Waals surface area contributed by atoms with Crippen LogP contribution in [0.1, 0.15) is 33.1 Å². The quantitative estimate of drug-likeness (QED) is 0.328. The van der Waals surface area contributed by atoms with Gasteiger partial charge in [0.05, 0.1) is 30.3 Å². The van der Waals surface area contributed by atoms with Crippen molar-refractivity contribution in [3.05, 3.63) is 35.5 Å². The highest BCUT2D eigenvalue weighted by molar-refractivity contribution is 5.92. The third-order valence-electron chi connectivity index (χ3n) is 5.59. The first-order chi connectivity index (χ1) is 12.8. The van der Waals surface area contributed by atoms with Crippen LogP contribution in [0.3, 0.4) is 0 Å². The van der Waals surface area contributed by atoms with Gasteiger partial charge >= 0.3 is 11.9 Å². The van der Waals surface area contributed by atoms with Gasteiger partial charge in [-0.15, -0.1) is 0 Å². The van der Waals surface area contributed by atoms with E-state index < -0.39 is 36.7 Å². The summed E-state index contributed by atoms with van der Waals surface area (Å²) < 4.78 is 17.1.